The van der Waals surface area contributed by atoms with Crippen molar-refractivity contribution in [2.75, 3.05) is 0 Å². The van der Waals surface area contributed by atoms with E-state index in [9.17, 15) is 31.1 Å². The SMILES string of the molecule is O=C(O)Cn1ccc2ccc(OC(c3ccn[nH]3)c3ccc(C(F)(F)F)cc3CC(F)(F)F)cc21. The van der Waals surface area contributed by atoms with Crippen molar-refractivity contribution in [3.63, 3.8) is 0 Å². The first-order chi connectivity index (χ1) is 16.4. The highest BCUT2D eigenvalue weighted by Crippen LogP contribution is 2.37. The van der Waals surface area contributed by atoms with E-state index in [2.05, 4.69) is 10.2 Å². The van der Waals surface area contributed by atoms with Crippen LogP contribution < -0.4 is 4.74 Å². The lowest BCUT2D eigenvalue weighted by Gasteiger charge is -2.23. The van der Waals surface area contributed by atoms with Crippen LogP contribution in [0.25, 0.3) is 10.9 Å². The molecule has 0 aliphatic rings. The second kappa shape index (κ2) is 9.01. The lowest BCUT2D eigenvalue weighted by atomic mass is 9.95. The van der Waals surface area contributed by atoms with E-state index in [0.717, 1.165) is 6.07 Å². The van der Waals surface area contributed by atoms with E-state index < -0.39 is 42.0 Å². The fourth-order valence-corrected chi connectivity index (χ4v) is 3.77. The van der Waals surface area contributed by atoms with Crippen molar-refractivity contribution in [3.05, 3.63) is 83.3 Å². The van der Waals surface area contributed by atoms with Gasteiger partial charge in [0, 0.05) is 24.0 Å². The Kier molecular flexibility index (Phi) is 6.22. The van der Waals surface area contributed by atoms with Gasteiger partial charge in [-0.25, -0.2) is 0 Å². The second-order valence-electron chi connectivity index (χ2n) is 7.77. The molecule has 2 aromatic heterocycles. The van der Waals surface area contributed by atoms with E-state index in [1.54, 1.807) is 18.3 Å². The maximum atomic E-state index is 13.3. The average Bonchev–Trinajstić information content (AvgIpc) is 3.41. The molecular formula is C23H17F6N3O3. The van der Waals surface area contributed by atoms with Crippen molar-refractivity contribution in [1.29, 1.82) is 0 Å². The summed E-state index contributed by atoms with van der Waals surface area (Å²) in [6.07, 6.45) is -9.55. The van der Waals surface area contributed by atoms with Gasteiger partial charge >= 0.3 is 18.3 Å². The number of fused-ring (bicyclic) bond motifs is 1. The molecule has 0 bridgehead atoms. The van der Waals surface area contributed by atoms with Crippen molar-refractivity contribution in [1.82, 2.24) is 14.8 Å². The lowest BCUT2D eigenvalue weighted by molar-refractivity contribution is -0.139. The number of hydrogen-bond donors (Lipinski definition) is 2. The number of aliphatic carboxylic acids is 1. The fraction of sp³-hybridized carbons (Fsp3) is 0.217. The first-order valence-corrected chi connectivity index (χ1v) is 10.1. The van der Waals surface area contributed by atoms with Crippen LogP contribution in [0.1, 0.15) is 28.5 Å². The minimum Gasteiger partial charge on any atom is -0.480 e. The second-order valence-corrected chi connectivity index (χ2v) is 7.77. The number of carboxylic acids is 1. The molecule has 0 radical (unpaired) electrons. The van der Waals surface area contributed by atoms with E-state index in [-0.39, 0.29) is 23.6 Å². The van der Waals surface area contributed by atoms with Gasteiger partial charge in [-0.1, -0.05) is 6.07 Å². The molecule has 4 rings (SSSR count). The molecule has 1 atom stereocenters. The molecule has 0 fully saturated rings. The summed E-state index contributed by atoms with van der Waals surface area (Å²) in [6.45, 7) is -0.328. The number of alkyl halides is 6. The predicted octanol–water partition coefficient (Wildman–Crippen LogP) is 5.74. The molecule has 6 nitrogen and oxygen atoms in total. The number of benzene rings is 2. The van der Waals surface area contributed by atoms with Crippen LogP contribution in [0.3, 0.4) is 0 Å². The molecule has 0 amide bonds. The molecule has 2 aromatic carbocycles. The van der Waals surface area contributed by atoms with Crippen molar-refractivity contribution in [3.8, 4) is 5.75 Å². The van der Waals surface area contributed by atoms with Crippen LogP contribution in [0, 0.1) is 0 Å². The van der Waals surface area contributed by atoms with Gasteiger partial charge in [-0.05, 0) is 47.3 Å². The molecule has 0 aliphatic heterocycles. The Morgan fingerprint density at radius 3 is 2.46 bits per heavy atom. The van der Waals surface area contributed by atoms with Crippen molar-refractivity contribution < 1.29 is 41.0 Å². The third-order valence-corrected chi connectivity index (χ3v) is 5.25. The standard InChI is InChI=1S/C23H17F6N3O3/c24-22(25,26)11-14-9-15(23(27,28)29)2-4-17(14)21(18-5-7-30-31-18)35-16-3-1-13-6-8-32(12-20(33)34)19(13)10-16/h1-10,21H,11-12H2,(H,30,31)(H,33,34). The van der Waals surface area contributed by atoms with Gasteiger partial charge in [0.1, 0.15) is 12.3 Å². The maximum Gasteiger partial charge on any atom is 0.416 e. The van der Waals surface area contributed by atoms with Gasteiger partial charge < -0.3 is 14.4 Å². The largest absolute Gasteiger partial charge is 0.480 e. The number of nitrogens with one attached hydrogen (secondary N) is 1. The number of aromatic amines is 1. The zero-order valence-corrected chi connectivity index (χ0v) is 17.7. The molecule has 2 heterocycles. The Morgan fingerprint density at radius 2 is 1.83 bits per heavy atom. The molecule has 12 heteroatoms. The predicted molar refractivity (Wildman–Crippen MR) is 112 cm³/mol. The Morgan fingerprint density at radius 1 is 1.06 bits per heavy atom. The highest BCUT2D eigenvalue weighted by atomic mass is 19.4. The van der Waals surface area contributed by atoms with Crippen LogP contribution in [-0.4, -0.2) is 32.0 Å². The first-order valence-electron chi connectivity index (χ1n) is 10.1. The fourth-order valence-electron chi connectivity index (χ4n) is 3.77. The number of H-pyrrole nitrogens is 1. The molecule has 184 valence electrons. The number of carbonyl (C=O) groups is 1. The highest BCUT2D eigenvalue weighted by Gasteiger charge is 2.36. The zero-order valence-electron chi connectivity index (χ0n) is 17.7. The van der Waals surface area contributed by atoms with Crippen molar-refractivity contribution in [2.45, 2.75) is 31.4 Å². The molecule has 0 saturated carbocycles. The van der Waals surface area contributed by atoms with Gasteiger partial charge in [0.2, 0.25) is 0 Å². The van der Waals surface area contributed by atoms with E-state index in [4.69, 9.17) is 9.84 Å². The minimum absolute atomic E-state index is 0.124. The number of rotatable bonds is 7. The van der Waals surface area contributed by atoms with Gasteiger partial charge in [-0.2, -0.15) is 31.4 Å². The topological polar surface area (TPSA) is 80.1 Å². The van der Waals surface area contributed by atoms with E-state index in [1.165, 1.54) is 29.0 Å². The summed E-state index contributed by atoms with van der Waals surface area (Å²) < 4.78 is 86.9. The number of halogens is 6. The van der Waals surface area contributed by atoms with Crippen LogP contribution in [0.15, 0.2) is 60.9 Å². The monoisotopic (exact) mass is 497 g/mol. The zero-order chi connectivity index (χ0) is 25.4. The maximum absolute atomic E-state index is 13.3. The molecule has 4 aromatic rings. The van der Waals surface area contributed by atoms with Gasteiger partial charge in [-0.15, -0.1) is 0 Å². The molecule has 0 saturated heterocycles. The van der Waals surface area contributed by atoms with Crippen LogP contribution in [0.5, 0.6) is 5.75 Å². The first kappa shape index (κ1) is 24.2. The quantitative estimate of drug-likeness (QED) is 0.319. The van der Waals surface area contributed by atoms with Gasteiger partial charge in [0.05, 0.1) is 23.2 Å². The molecule has 0 spiro atoms. The van der Waals surface area contributed by atoms with Crippen molar-refractivity contribution >= 4 is 16.9 Å². The Bertz CT molecular complexity index is 1340. The molecule has 0 aliphatic carbocycles. The number of carboxylic acid groups (broad SMARTS) is 1. The summed E-state index contributed by atoms with van der Waals surface area (Å²) in [5, 5.41) is 16.2. The molecule has 35 heavy (non-hydrogen) atoms. The Hall–Kier alpha value is -3.96. The van der Waals surface area contributed by atoms with E-state index in [0.29, 0.717) is 23.0 Å². The van der Waals surface area contributed by atoms with E-state index in [1.807, 2.05) is 0 Å². The third-order valence-electron chi connectivity index (χ3n) is 5.25. The summed E-state index contributed by atoms with van der Waals surface area (Å²) in [7, 11) is 0. The van der Waals surface area contributed by atoms with Gasteiger partial charge in [0.25, 0.3) is 0 Å². The highest BCUT2D eigenvalue weighted by molar-refractivity contribution is 5.83. The van der Waals surface area contributed by atoms with Crippen molar-refractivity contribution in [2.24, 2.45) is 0 Å². The van der Waals surface area contributed by atoms with Crippen LogP contribution >= 0.6 is 0 Å². The molecule has 1 unspecified atom stereocenters. The van der Waals surface area contributed by atoms with E-state index >= 15 is 0 Å². The number of aromatic nitrogens is 3. The summed E-state index contributed by atoms with van der Waals surface area (Å²) in [5.41, 5.74) is -1.22. The summed E-state index contributed by atoms with van der Waals surface area (Å²) in [5.74, 6) is -0.911. The smallest absolute Gasteiger partial charge is 0.416 e. The summed E-state index contributed by atoms with van der Waals surface area (Å²) >= 11 is 0. The van der Waals surface area contributed by atoms with Gasteiger partial charge in [0.15, 0.2) is 6.10 Å². The number of nitrogens with zero attached hydrogens (tertiary/aromatic N) is 2. The van der Waals surface area contributed by atoms with Crippen LogP contribution in [0.4, 0.5) is 26.3 Å². The van der Waals surface area contributed by atoms with Gasteiger partial charge in [-0.3, -0.25) is 9.89 Å². The Labute approximate surface area is 193 Å². The van der Waals surface area contributed by atoms with Crippen LogP contribution in [-0.2, 0) is 23.9 Å². The average molecular weight is 497 g/mol. The summed E-state index contributed by atoms with van der Waals surface area (Å²) in [4.78, 5) is 11.1. The third kappa shape index (κ3) is 5.58. The lowest BCUT2D eigenvalue weighted by Crippen LogP contribution is -2.19. The summed E-state index contributed by atoms with van der Waals surface area (Å²) in [6, 6.07) is 9.92. The Balaban J connectivity index is 1.79. The number of hydrogen-bond acceptors (Lipinski definition) is 3. The van der Waals surface area contributed by atoms with Crippen LogP contribution in [0.2, 0.25) is 0 Å². The molecule has 2 N–H and O–H groups in total. The minimum atomic E-state index is -4.83. The normalized spacial score (nSPS) is 13.2. The number of ether oxygens (including phenoxy) is 1. The molecular weight excluding hydrogens is 480 g/mol.